The van der Waals surface area contributed by atoms with E-state index in [9.17, 15) is 17.9 Å². The second-order valence-electron chi connectivity index (χ2n) is 4.71. The largest absolute Gasteiger partial charge is 0.396 e. The van der Waals surface area contributed by atoms with Gasteiger partial charge in [0.05, 0.1) is 16.2 Å². The molecule has 19 heavy (non-hydrogen) atoms. The molecule has 1 aliphatic carbocycles. The second kappa shape index (κ2) is 5.01. The van der Waals surface area contributed by atoms with Crippen molar-refractivity contribution in [1.29, 1.82) is 0 Å². The second-order valence-corrected chi connectivity index (χ2v) is 7.30. The lowest BCUT2D eigenvalue weighted by Gasteiger charge is -2.36. The van der Waals surface area contributed by atoms with Gasteiger partial charge >= 0.3 is 0 Å². The van der Waals surface area contributed by atoms with Gasteiger partial charge < -0.3 is 10.8 Å². The Kier molecular flexibility index (Phi) is 3.87. The van der Waals surface area contributed by atoms with Gasteiger partial charge in [0.15, 0.2) is 0 Å². The number of aliphatic hydroxyl groups is 1. The van der Waals surface area contributed by atoms with Crippen molar-refractivity contribution in [2.45, 2.75) is 29.8 Å². The fraction of sp³-hybridized carbons (Fsp3) is 0.455. The third-order valence-corrected chi connectivity index (χ3v) is 5.58. The number of nitrogens with one attached hydrogen (secondary N) is 1. The molecule has 2 rings (SSSR count). The van der Waals surface area contributed by atoms with E-state index >= 15 is 0 Å². The van der Waals surface area contributed by atoms with Gasteiger partial charge in [-0.3, -0.25) is 0 Å². The van der Waals surface area contributed by atoms with E-state index < -0.39 is 21.4 Å². The summed E-state index contributed by atoms with van der Waals surface area (Å²) in [5.41, 5.74) is 4.16. The Balaban J connectivity index is 2.22. The molecular formula is C11H14BrFN2O3S. The number of hydrogen-bond acceptors (Lipinski definition) is 4. The van der Waals surface area contributed by atoms with Crippen LogP contribution >= 0.6 is 15.9 Å². The van der Waals surface area contributed by atoms with Crippen LogP contribution in [0.4, 0.5) is 10.1 Å². The predicted molar refractivity (Wildman–Crippen MR) is 72.5 cm³/mol. The number of sulfonamides is 1. The first-order valence-electron chi connectivity index (χ1n) is 5.70. The van der Waals surface area contributed by atoms with Gasteiger partial charge in [0.1, 0.15) is 5.82 Å². The summed E-state index contributed by atoms with van der Waals surface area (Å²) in [6.45, 7) is -0.0565. The molecule has 0 amide bonds. The molecule has 106 valence electrons. The molecule has 0 aliphatic heterocycles. The van der Waals surface area contributed by atoms with Crippen LogP contribution in [0, 0.1) is 5.82 Å². The van der Waals surface area contributed by atoms with Gasteiger partial charge in [0.25, 0.3) is 0 Å². The van der Waals surface area contributed by atoms with Crippen LogP contribution < -0.4 is 10.5 Å². The van der Waals surface area contributed by atoms with E-state index in [0.29, 0.717) is 12.8 Å². The van der Waals surface area contributed by atoms with Crippen LogP contribution in [-0.2, 0) is 10.0 Å². The van der Waals surface area contributed by atoms with E-state index in [4.69, 9.17) is 5.73 Å². The highest BCUT2D eigenvalue weighted by atomic mass is 79.9. The van der Waals surface area contributed by atoms with Crippen LogP contribution in [0.5, 0.6) is 0 Å². The number of nitrogen functional groups attached to an aromatic ring is 1. The minimum atomic E-state index is -3.84. The van der Waals surface area contributed by atoms with Gasteiger partial charge in [0.2, 0.25) is 10.0 Å². The molecule has 0 unspecified atom stereocenters. The fourth-order valence-electron chi connectivity index (χ4n) is 1.82. The fourth-order valence-corrected chi connectivity index (χ4v) is 3.99. The van der Waals surface area contributed by atoms with Crippen molar-refractivity contribution in [3.8, 4) is 0 Å². The van der Waals surface area contributed by atoms with Crippen LogP contribution in [0.1, 0.15) is 19.3 Å². The molecular weight excluding hydrogens is 339 g/mol. The zero-order valence-corrected chi connectivity index (χ0v) is 12.4. The number of nitrogens with two attached hydrogens (primary N) is 1. The van der Waals surface area contributed by atoms with Crippen molar-refractivity contribution < 1.29 is 17.9 Å². The van der Waals surface area contributed by atoms with Crippen LogP contribution in [0.3, 0.4) is 0 Å². The molecule has 8 heteroatoms. The number of halogens is 2. The zero-order chi connectivity index (χ0) is 14.3. The van der Waals surface area contributed by atoms with Crippen molar-refractivity contribution in [3.05, 3.63) is 22.4 Å². The van der Waals surface area contributed by atoms with Crippen molar-refractivity contribution in [3.63, 3.8) is 0 Å². The Hall–Kier alpha value is -0.700. The molecule has 1 aromatic rings. The highest BCUT2D eigenvalue weighted by Gasteiger charge is 2.35. The molecule has 0 aromatic heterocycles. The van der Waals surface area contributed by atoms with Gasteiger partial charge in [-0.15, -0.1) is 0 Å². The number of hydrogen-bond donors (Lipinski definition) is 3. The number of benzene rings is 1. The Morgan fingerprint density at radius 1 is 1.47 bits per heavy atom. The zero-order valence-electron chi connectivity index (χ0n) is 9.99. The summed E-state index contributed by atoms with van der Waals surface area (Å²) in [6.07, 6.45) is 2.02. The summed E-state index contributed by atoms with van der Waals surface area (Å²) in [7, 11) is -3.84. The molecule has 1 saturated carbocycles. The van der Waals surface area contributed by atoms with Crippen molar-refractivity contribution >= 4 is 31.6 Å². The first kappa shape index (κ1) is 14.7. The van der Waals surface area contributed by atoms with Crippen LogP contribution in [-0.4, -0.2) is 25.7 Å². The van der Waals surface area contributed by atoms with Crippen molar-refractivity contribution in [2.75, 3.05) is 12.3 Å². The maximum absolute atomic E-state index is 13.2. The molecule has 4 N–H and O–H groups in total. The average Bonchev–Trinajstić information content (AvgIpc) is 2.28. The first-order chi connectivity index (χ1) is 8.73. The standard InChI is InChI=1S/C11H14BrFN2O3S/c12-7-4-8(13)9(14)5-10(7)19(17,18)15-6-11(16)2-1-3-11/h4-5,15-16H,1-3,6,14H2. The molecule has 1 aromatic carbocycles. The van der Waals surface area contributed by atoms with E-state index in [-0.39, 0.29) is 21.6 Å². The molecule has 0 saturated heterocycles. The summed E-state index contributed by atoms with van der Waals surface area (Å²) in [4.78, 5) is -0.144. The SMILES string of the molecule is Nc1cc(S(=O)(=O)NCC2(O)CCC2)c(Br)cc1F. The third kappa shape index (κ3) is 3.07. The van der Waals surface area contributed by atoms with E-state index in [1.165, 1.54) is 0 Å². The summed E-state index contributed by atoms with van der Waals surface area (Å²) < 4.78 is 39.7. The van der Waals surface area contributed by atoms with Crippen molar-refractivity contribution in [2.24, 2.45) is 0 Å². The maximum atomic E-state index is 13.2. The van der Waals surface area contributed by atoms with Gasteiger partial charge in [-0.25, -0.2) is 17.5 Å². The molecule has 0 bridgehead atoms. The Labute approximate surface area is 119 Å². The van der Waals surface area contributed by atoms with Crippen LogP contribution in [0.15, 0.2) is 21.5 Å². The van der Waals surface area contributed by atoms with Gasteiger partial charge in [0, 0.05) is 11.0 Å². The molecule has 0 atom stereocenters. The lowest BCUT2D eigenvalue weighted by Crippen LogP contribution is -2.47. The van der Waals surface area contributed by atoms with Crippen molar-refractivity contribution in [1.82, 2.24) is 4.72 Å². The maximum Gasteiger partial charge on any atom is 0.241 e. The predicted octanol–water partition coefficient (Wildman–Crippen LogP) is 1.36. The van der Waals surface area contributed by atoms with Gasteiger partial charge in [-0.2, -0.15) is 0 Å². The Bertz CT molecular complexity index is 602. The molecule has 0 spiro atoms. The van der Waals surface area contributed by atoms with Crippen LogP contribution in [0.2, 0.25) is 0 Å². The third-order valence-electron chi connectivity index (χ3n) is 3.22. The number of rotatable bonds is 4. The molecule has 1 fully saturated rings. The lowest BCUT2D eigenvalue weighted by molar-refractivity contribution is -0.0270. The van der Waals surface area contributed by atoms with Gasteiger partial charge in [-0.1, -0.05) is 0 Å². The summed E-state index contributed by atoms with van der Waals surface area (Å²) >= 11 is 2.99. The van der Waals surface area contributed by atoms with E-state index in [1.807, 2.05) is 0 Å². The minimum absolute atomic E-state index is 0.0565. The van der Waals surface area contributed by atoms with Gasteiger partial charge in [-0.05, 0) is 47.3 Å². The normalized spacial score (nSPS) is 18.1. The van der Waals surface area contributed by atoms with E-state index in [2.05, 4.69) is 20.7 Å². The monoisotopic (exact) mass is 352 g/mol. The summed E-state index contributed by atoms with van der Waals surface area (Å²) in [5.74, 6) is -0.691. The highest BCUT2D eigenvalue weighted by Crippen LogP contribution is 2.32. The summed E-state index contributed by atoms with van der Waals surface area (Å²) in [6, 6.07) is 2.05. The summed E-state index contributed by atoms with van der Waals surface area (Å²) in [5, 5.41) is 9.86. The molecule has 1 aliphatic rings. The van der Waals surface area contributed by atoms with Crippen LogP contribution in [0.25, 0.3) is 0 Å². The molecule has 5 nitrogen and oxygen atoms in total. The Morgan fingerprint density at radius 3 is 2.63 bits per heavy atom. The average molecular weight is 353 g/mol. The minimum Gasteiger partial charge on any atom is -0.396 e. The first-order valence-corrected chi connectivity index (χ1v) is 7.98. The highest BCUT2D eigenvalue weighted by molar-refractivity contribution is 9.10. The lowest BCUT2D eigenvalue weighted by atomic mass is 9.81. The van der Waals surface area contributed by atoms with E-state index in [0.717, 1.165) is 18.6 Å². The quantitative estimate of drug-likeness (QED) is 0.713. The molecule has 0 radical (unpaired) electrons. The smallest absolute Gasteiger partial charge is 0.241 e. The topological polar surface area (TPSA) is 92.4 Å². The molecule has 0 heterocycles. The van der Waals surface area contributed by atoms with E-state index in [1.54, 1.807) is 0 Å². The Morgan fingerprint density at radius 2 is 2.11 bits per heavy atom. The number of anilines is 1.